The first kappa shape index (κ1) is 16.7. The van der Waals surface area contributed by atoms with E-state index in [1.807, 2.05) is 6.33 Å². The van der Waals surface area contributed by atoms with E-state index >= 15 is 0 Å². The molecule has 0 spiro atoms. The molecule has 0 radical (unpaired) electrons. The number of rotatable bonds is 7. The number of nitrogens with zero attached hydrogens (tertiary/aromatic N) is 4. The Hall–Kier alpha value is -2.15. The van der Waals surface area contributed by atoms with Crippen molar-refractivity contribution in [2.75, 3.05) is 26.2 Å². The zero-order valence-electron chi connectivity index (χ0n) is 14.4. The summed E-state index contributed by atoms with van der Waals surface area (Å²) in [6.07, 6.45) is 8.88. The number of H-pyrrole nitrogens is 1. The average Bonchev–Trinajstić information content (AvgIpc) is 3.31. The van der Waals surface area contributed by atoms with Gasteiger partial charge in [-0.3, -0.25) is 5.10 Å². The molecule has 0 saturated carbocycles. The fourth-order valence-electron chi connectivity index (χ4n) is 3.32. The second kappa shape index (κ2) is 7.61. The summed E-state index contributed by atoms with van der Waals surface area (Å²) in [5, 5.41) is 6.79. The molecule has 2 aromatic rings. The van der Waals surface area contributed by atoms with Gasteiger partial charge < -0.3 is 14.2 Å². The number of ether oxygens (including phenoxy) is 1. The molecule has 7 heteroatoms. The van der Waals surface area contributed by atoms with Crippen molar-refractivity contribution in [1.29, 1.82) is 0 Å². The van der Waals surface area contributed by atoms with Crippen LogP contribution >= 0.6 is 0 Å². The van der Waals surface area contributed by atoms with Gasteiger partial charge in [-0.05, 0) is 39.3 Å². The van der Waals surface area contributed by atoms with Gasteiger partial charge in [-0.1, -0.05) is 6.92 Å². The number of esters is 1. The molecule has 1 fully saturated rings. The van der Waals surface area contributed by atoms with Crippen molar-refractivity contribution in [3.05, 3.63) is 24.4 Å². The largest absolute Gasteiger partial charge is 0.461 e. The molecular formula is C17H25N5O2. The quantitative estimate of drug-likeness (QED) is 0.789. The van der Waals surface area contributed by atoms with Gasteiger partial charge in [-0.25, -0.2) is 9.78 Å². The van der Waals surface area contributed by atoms with E-state index in [4.69, 9.17) is 4.74 Å². The molecule has 1 aliphatic rings. The second-order valence-corrected chi connectivity index (χ2v) is 6.14. The highest BCUT2D eigenvalue weighted by molar-refractivity contribution is 5.94. The minimum absolute atomic E-state index is 0.325. The van der Waals surface area contributed by atoms with E-state index in [1.54, 1.807) is 19.3 Å². The van der Waals surface area contributed by atoms with Crippen molar-refractivity contribution < 1.29 is 9.53 Å². The Kier molecular flexibility index (Phi) is 5.30. The standard InChI is InChI=1S/C17H25N5O2/c1-3-13(11-21-7-5-6-8-21)22-12-18-10-15(22)14-9-19-20-16(14)17(23)24-4-2/h9-10,12-13H,3-8,11H2,1-2H3,(H,19,20)/t13-/m0/s1. The van der Waals surface area contributed by atoms with Crippen LogP contribution in [0.5, 0.6) is 0 Å². The van der Waals surface area contributed by atoms with Crippen molar-refractivity contribution in [2.45, 2.75) is 39.2 Å². The van der Waals surface area contributed by atoms with E-state index < -0.39 is 0 Å². The minimum atomic E-state index is -0.384. The summed E-state index contributed by atoms with van der Waals surface area (Å²) in [6, 6.07) is 0.325. The number of aromatic nitrogens is 4. The molecule has 0 bridgehead atoms. The maximum absolute atomic E-state index is 12.1. The van der Waals surface area contributed by atoms with E-state index in [0.717, 1.165) is 24.2 Å². The maximum Gasteiger partial charge on any atom is 0.357 e. The molecule has 0 aromatic carbocycles. The molecule has 1 atom stereocenters. The summed E-state index contributed by atoms with van der Waals surface area (Å²) < 4.78 is 7.27. The van der Waals surface area contributed by atoms with Crippen LogP contribution in [0.2, 0.25) is 0 Å². The molecule has 1 N–H and O–H groups in total. The SMILES string of the molecule is CCOC(=O)c1[nH]ncc1-c1cncn1[C@@H](CC)CN1CCCC1. The van der Waals surface area contributed by atoms with Gasteiger partial charge in [-0.2, -0.15) is 5.10 Å². The van der Waals surface area contributed by atoms with Crippen LogP contribution in [0.4, 0.5) is 0 Å². The number of imidazole rings is 1. The van der Waals surface area contributed by atoms with Crippen LogP contribution in [-0.2, 0) is 4.74 Å². The zero-order chi connectivity index (χ0) is 16.9. The van der Waals surface area contributed by atoms with E-state index in [0.29, 0.717) is 18.3 Å². The molecule has 3 heterocycles. The summed E-state index contributed by atoms with van der Waals surface area (Å²) in [5.74, 6) is -0.384. The fraction of sp³-hybridized carbons (Fsp3) is 0.588. The maximum atomic E-state index is 12.1. The number of carbonyl (C=O) groups is 1. The van der Waals surface area contributed by atoms with E-state index in [-0.39, 0.29) is 5.97 Å². The van der Waals surface area contributed by atoms with Crippen molar-refractivity contribution >= 4 is 5.97 Å². The van der Waals surface area contributed by atoms with Crippen LogP contribution in [0.25, 0.3) is 11.3 Å². The molecule has 3 rings (SSSR count). The van der Waals surface area contributed by atoms with Crippen LogP contribution < -0.4 is 0 Å². The van der Waals surface area contributed by atoms with Crippen molar-refractivity contribution in [2.24, 2.45) is 0 Å². The Labute approximate surface area is 142 Å². The zero-order valence-corrected chi connectivity index (χ0v) is 14.4. The van der Waals surface area contributed by atoms with Gasteiger partial charge >= 0.3 is 5.97 Å². The van der Waals surface area contributed by atoms with Gasteiger partial charge in [-0.15, -0.1) is 0 Å². The summed E-state index contributed by atoms with van der Waals surface area (Å²) in [6.45, 7) is 7.66. The summed E-state index contributed by atoms with van der Waals surface area (Å²) in [7, 11) is 0. The topological polar surface area (TPSA) is 76.0 Å². The molecule has 2 aromatic heterocycles. The monoisotopic (exact) mass is 331 g/mol. The van der Waals surface area contributed by atoms with Gasteiger partial charge in [0.25, 0.3) is 0 Å². The highest BCUT2D eigenvalue weighted by Gasteiger charge is 2.23. The number of likely N-dealkylation sites (tertiary alicyclic amines) is 1. The molecule has 0 aliphatic carbocycles. The molecule has 24 heavy (non-hydrogen) atoms. The summed E-state index contributed by atoms with van der Waals surface area (Å²) >= 11 is 0. The van der Waals surface area contributed by atoms with Crippen molar-refractivity contribution in [3.8, 4) is 11.3 Å². The van der Waals surface area contributed by atoms with E-state index in [2.05, 4.69) is 31.6 Å². The number of carbonyl (C=O) groups excluding carboxylic acids is 1. The number of aromatic amines is 1. The lowest BCUT2D eigenvalue weighted by molar-refractivity contribution is 0.0520. The van der Waals surface area contributed by atoms with Crippen molar-refractivity contribution in [3.63, 3.8) is 0 Å². The summed E-state index contributed by atoms with van der Waals surface area (Å²) in [4.78, 5) is 18.9. The van der Waals surface area contributed by atoms with E-state index in [1.165, 1.54) is 25.9 Å². The third kappa shape index (κ3) is 3.36. The number of hydrogen-bond donors (Lipinski definition) is 1. The van der Waals surface area contributed by atoms with Gasteiger partial charge in [0.1, 0.15) is 0 Å². The first-order chi connectivity index (χ1) is 11.7. The molecular weight excluding hydrogens is 306 g/mol. The number of nitrogens with one attached hydrogen (secondary N) is 1. The van der Waals surface area contributed by atoms with Crippen LogP contribution in [0.15, 0.2) is 18.7 Å². The minimum Gasteiger partial charge on any atom is -0.461 e. The van der Waals surface area contributed by atoms with Crippen LogP contribution in [0.1, 0.15) is 49.6 Å². The molecule has 130 valence electrons. The highest BCUT2D eigenvalue weighted by Crippen LogP contribution is 2.27. The number of hydrogen-bond acceptors (Lipinski definition) is 5. The lowest BCUT2D eigenvalue weighted by atomic mass is 10.1. The Morgan fingerprint density at radius 2 is 2.12 bits per heavy atom. The van der Waals surface area contributed by atoms with Crippen LogP contribution in [-0.4, -0.2) is 56.9 Å². The second-order valence-electron chi connectivity index (χ2n) is 6.14. The van der Waals surface area contributed by atoms with Crippen LogP contribution in [0, 0.1) is 0 Å². The normalized spacial score (nSPS) is 16.4. The molecule has 0 unspecified atom stereocenters. The first-order valence-electron chi connectivity index (χ1n) is 8.69. The molecule has 7 nitrogen and oxygen atoms in total. The highest BCUT2D eigenvalue weighted by atomic mass is 16.5. The predicted molar refractivity (Wildman–Crippen MR) is 90.8 cm³/mol. The molecule has 1 saturated heterocycles. The third-order valence-electron chi connectivity index (χ3n) is 4.59. The predicted octanol–water partition coefficient (Wildman–Crippen LogP) is 2.50. The first-order valence-corrected chi connectivity index (χ1v) is 8.69. The Morgan fingerprint density at radius 3 is 2.83 bits per heavy atom. The lowest BCUT2D eigenvalue weighted by Crippen LogP contribution is -2.28. The lowest BCUT2D eigenvalue weighted by Gasteiger charge is -2.25. The Morgan fingerprint density at radius 1 is 1.33 bits per heavy atom. The molecule has 0 amide bonds. The van der Waals surface area contributed by atoms with Gasteiger partial charge in [0.2, 0.25) is 0 Å². The fourth-order valence-corrected chi connectivity index (χ4v) is 3.32. The van der Waals surface area contributed by atoms with Gasteiger partial charge in [0, 0.05) is 12.6 Å². The van der Waals surface area contributed by atoms with Gasteiger partial charge in [0.05, 0.1) is 36.6 Å². The van der Waals surface area contributed by atoms with Crippen LogP contribution in [0.3, 0.4) is 0 Å². The third-order valence-corrected chi connectivity index (χ3v) is 4.59. The average molecular weight is 331 g/mol. The summed E-state index contributed by atoms with van der Waals surface area (Å²) in [5.41, 5.74) is 2.03. The Bertz CT molecular complexity index is 672. The smallest absolute Gasteiger partial charge is 0.357 e. The van der Waals surface area contributed by atoms with Gasteiger partial charge in [0.15, 0.2) is 5.69 Å². The van der Waals surface area contributed by atoms with Crippen molar-refractivity contribution in [1.82, 2.24) is 24.6 Å². The molecule has 1 aliphatic heterocycles. The Balaban J connectivity index is 1.87. The van der Waals surface area contributed by atoms with E-state index in [9.17, 15) is 4.79 Å².